The summed E-state index contributed by atoms with van der Waals surface area (Å²) in [6.07, 6.45) is 5.07. The molecule has 2 aromatic heterocycles. The number of aryl methyl sites for hydroxylation is 2. The lowest BCUT2D eigenvalue weighted by Crippen LogP contribution is -2.35. The van der Waals surface area contributed by atoms with Crippen LogP contribution in [-0.4, -0.2) is 47.2 Å². The highest BCUT2D eigenvalue weighted by Gasteiger charge is 2.22. The molecule has 0 radical (unpaired) electrons. The highest BCUT2D eigenvalue weighted by molar-refractivity contribution is 8.00. The smallest absolute Gasteiger partial charge is 0.230 e. The molecule has 4 rings (SSSR count). The van der Waals surface area contributed by atoms with Crippen LogP contribution in [0.3, 0.4) is 0 Å². The van der Waals surface area contributed by atoms with E-state index in [4.69, 9.17) is 0 Å². The van der Waals surface area contributed by atoms with Gasteiger partial charge in [-0.05, 0) is 44.5 Å². The van der Waals surface area contributed by atoms with Crippen molar-refractivity contribution in [2.24, 2.45) is 0 Å². The number of thioether (sulfide) groups is 1. The van der Waals surface area contributed by atoms with Crippen LogP contribution in [0.15, 0.2) is 41.7 Å². The van der Waals surface area contributed by atoms with Gasteiger partial charge in [-0.15, -0.1) is 11.3 Å². The first kappa shape index (κ1) is 19.4. The van der Waals surface area contributed by atoms with Crippen molar-refractivity contribution in [2.75, 3.05) is 26.4 Å². The second-order valence-electron chi connectivity index (χ2n) is 7.20. The quantitative estimate of drug-likeness (QED) is 0.474. The standard InChI is InChI=1S/C21H24N4OS2/c1-25(2)16(14-7-4-3-5-8-14)11-22-18(26)12-27-20-19-15-9-6-10-17(15)28-21(19)24-13-23-20/h3-5,7-8,13,16H,6,9-12H2,1-2H3,(H,22,26)/t16-/m1/s1. The van der Waals surface area contributed by atoms with Gasteiger partial charge >= 0.3 is 0 Å². The first-order valence-electron chi connectivity index (χ1n) is 9.49. The van der Waals surface area contributed by atoms with Crippen LogP contribution in [0.4, 0.5) is 0 Å². The number of aromatic nitrogens is 2. The van der Waals surface area contributed by atoms with Gasteiger partial charge in [-0.3, -0.25) is 4.79 Å². The molecule has 0 aliphatic heterocycles. The Morgan fingerprint density at radius 3 is 2.86 bits per heavy atom. The molecule has 1 amide bonds. The van der Waals surface area contributed by atoms with Crippen molar-refractivity contribution in [3.8, 4) is 0 Å². The summed E-state index contributed by atoms with van der Waals surface area (Å²) in [6.45, 7) is 0.587. The fourth-order valence-electron chi connectivity index (χ4n) is 3.68. The van der Waals surface area contributed by atoms with Crippen molar-refractivity contribution in [1.29, 1.82) is 0 Å². The monoisotopic (exact) mass is 412 g/mol. The van der Waals surface area contributed by atoms with E-state index < -0.39 is 0 Å². The second kappa shape index (κ2) is 8.59. The van der Waals surface area contributed by atoms with Crippen LogP contribution in [-0.2, 0) is 17.6 Å². The van der Waals surface area contributed by atoms with E-state index in [1.807, 2.05) is 32.3 Å². The van der Waals surface area contributed by atoms with Gasteiger partial charge in [0.05, 0.1) is 11.8 Å². The van der Waals surface area contributed by atoms with E-state index in [0.29, 0.717) is 12.3 Å². The Morgan fingerprint density at radius 2 is 2.07 bits per heavy atom. The maximum atomic E-state index is 12.5. The van der Waals surface area contributed by atoms with E-state index in [0.717, 1.165) is 22.7 Å². The zero-order valence-corrected chi connectivity index (χ0v) is 17.8. The lowest BCUT2D eigenvalue weighted by atomic mass is 10.1. The molecule has 0 fully saturated rings. The molecule has 2 heterocycles. The van der Waals surface area contributed by atoms with Crippen LogP contribution in [0.25, 0.3) is 10.2 Å². The van der Waals surface area contributed by atoms with Crippen LogP contribution in [0.2, 0.25) is 0 Å². The van der Waals surface area contributed by atoms with E-state index in [1.165, 1.54) is 39.6 Å². The number of hydrogen-bond donors (Lipinski definition) is 1. The Labute approximate surface area is 173 Å². The molecule has 1 aromatic carbocycles. The minimum atomic E-state index is 0.0337. The van der Waals surface area contributed by atoms with Crippen LogP contribution < -0.4 is 5.32 Å². The SMILES string of the molecule is CN(C)[C@H](CNC(=O)CSc1ncnc2sc3c(c12)CCC3)c1ccccc1. The van der Waals surface area contributed by atoms with Crippen LogP contribution >= 0.6 is 23.1 Å². The highest BCUT2D eigenvalue weighted by atomic mass is 32.2. The predicted octanol–water partition coefficient (Wildman–Crippen LogP) is 3.69. The summed E-state index contributed by atoms with van der Waals surface area (Å²) in [6, 6.07) is 10.4. The Balaban J connectivity index is 1.39. The molecule has 1 atom stereocenters. The number of fused-ring (bicyclic) bond motifs is 3. The molecular weight excluding hydrogens is 388 g/mol. The van der Waals surface area contributed by atoms with E-state index in [1.54, 1.807) is 17.7 Å². The molecule has 0 saturated heterocycles. The number of thiophene rings is 1. The molecule has 0 saturated carbocycles. The predicted molar refractivity (Wildman–Crippen MR) is 116 cm³/mol. The number of rotatable bonds is 7. The highest BCUT2D eigenvalue weighted by Crippen LogP contribution is 2.39. The van der Waals surface area contributed by atoms with Crippen LogP contribution in [0.1, 0.15) is 28.5 Å². The van der Waals surface area contributed by atoms with E-state index in [2.05, 4.69) is 32.3 Å². The molecule has 0 bridgehead atoms. The Hall–Kier alpha value is -1.96. The summed E-state index contributed by atoms with van der Waals surface area (Å²) in [4.78, 5) is 26.0. The number of carbonyl (C=O) groups excluding carboxylic acids is 1. The number of likely N-dealkylation sites (N-methyl/N-ethyl adjacent to an activating group) is 1. The molecule has 0 spiro atoms. The number of nitrogens with one attached hydrogen (secondary N) is 1. The van der Waals surface area contributed by atoms with Crippen LogP contribution in [0, 0.1) is 0 Å². The second-order valence-corrected chi connectivity index (χ2v) is 9.25. The maximum Gasteiger partial charge on any atom is 0.230 e. The molecule has 1 aliphatic carbocycles. The number of benzene rings is 1. The van der Waals surface area contributed by atoms with Gasteiger partial charge < -0.3 is 10.2 Å². The van der Waals surface area contributed by atoms with Gasteiger partial charge in [0.15, 0.2) is 0 Å². The zero-order chi connectivity index (χ0) is 19.5. The molecule has 146 valence electrons. The average Bonchev–Trinajstić information content (AvgIpc) is 3.28. The first-order chi connectivity index (χ1) is 13.6. The summed E-state index contributed by atoms with van der Waals surface area (Å²) < 4.78 is 0. The molecule has 0 unspecified atom stereocenters. The molecule has 7 heteroatoms. The summed E-state index contributed by atoms with van der Waals surface area (Å²) in [5.74, 6) is 0.400. The molecule has 3 aromatic rings. The lowest BCUT2D eigenvalue weighted by Gasteiger charge is -2.25. The summed E-state index contributed by atoms with van der Waals surface area (Å²) in [5.41, 5.74) is 2.60. The topological polar surface area (TPSA) is 58.1 Å². The van der Waals surface area contributed by atoms with Gasteiger partial charge in [-0.1, -0.05) is 42.1 Å². The summed E-state index contributed by atoms with van der Waals surface area (Å²) in [5, 5.41) is 5.20. The zero-order valence-electron chi connectivity index (χ0n) is 16.1. The van der Waals surface area contributed by atoms with Gasteiger partial charge in [-0.2, -0.15) is 0 Å². The first-order valence-corrected chi connectivity index (χ1v) is 11.3. The van der Waals surface area contributed by atoms with Crippen molar-refractivity contribution in [3.05, 3.63) is 52.7 Å². The third-order valence-electron chi connectivity index (χ3n) is 5.11. The van der Waals surface area contributed by atoms with Crippen molar-refractivity contribution in [1.82, 2.24) is 20.2 Å². The normalized spacial score (nSPS) is 14.4. The van der Waals surface area contributed by atoms with Gasteiger partial charge in [0.25, 0.3) is 0 Å². The van der Waals surface area contributed by atoms with Gasteiger partial charge in [0.1, 0.15) is 16.2 Å². The van der Waals surface area contributed by atoms with Crippen molar-refractivity contribution in [3.63, 3.8) is 0 Å². The van der Waals surface area contributed by atoms with Gasteiger partial charge in [-0.25, -0.2) is 9.97 Å². The van der Waals surface area contributed by atoms with E-state index >= 15 is 0 Å². The van der Waals surface area contributed by atoms with Gasteiger partial charge in [0.2, 0.25) is 5.91 Å². The van der Waals surface area contributed by atoms with Crippen LogP contribution in [0.5, 0.6) is 0 Å². The van der Waals surface area contributed by atoms with Crippen molar-refractivity contribution >= 4 is 39.2 Å². The minimum absolute atomic E-state index is 0.0337. The summed E-state index contributed by atoms with van der Waals surface area (Å²) in [7, 11) is 4.07. The van der Waals surface area contributed by atoms with Crippen molar-refractivity contribution in [2.45, 2.75) is 30.3 Å². The number of amides is 1. The van der Waals surface area contributed by atoms with Crippen molar-refractivity contribution < 1.29 is 4.79 Å². The Bertz CT molecular complexity index is 971. The average molecular weight is 413 g/mol. The molecule has 1 aliphatic rings. The largest absolute Gasteiger partial charge is 0.353 e. The summed E-state index contributed by atoms with van der Waals surface area (Å²) >= 11 is 3.29. The fourth-order valence-corrected chi connectivity index (χ4v) is 5.83. The third-order valence-corrected chi connectivity index (χ3v) is 7.30. The Morgan fingerprint density at radius 1 is 1.25 bits per heavy atom. The third kappa shape index (κ3) is 4.06. The number of carbonyl (C=O) groups is 1. The number of nitrogens with zero attached hydrogens (tertiary/aromatic N) is 3. The lowest BCUT2D eigenvalue weighted by molar-refractivity contribution is -0.118. The molecule has 1 N–H and O–H groups in total. The number of hydrogen-bond acceptors (Lipinski definition) is 6. The van der Waals surface area contributed by atoms with Gasteiger partial charge in [0, 0.05) is 16.8 Å². The van der Waals surface area contributed by atoms with E-state index in [9.17, 15) is 4.79 Å². The maximum absolute atomic E-state index is 12.5. The fraction of sp³-hybridized carbons (Fsp3) is 0.381. The Kier molecular flexibility index (Phi) is 5.94. The molecule has 5 nitrogen and oxygen atoms in total. The minimum Gasteiger partial charge on any atom is -0.353 e. The van der Waals surface area contributed by atoms with E-state index in [-0.39, 0.29) is 11.9 Å². The molecular formula is C21H24N4OS2. The molecule has 28 heavy (non-hydrogen) atoms.